The number of carboxylic acid groups (broad SMARTS) is 1. The Bertz CT molecular complexity index is 642. The molecule has 2 aromatic carbocycles. The summed E-state index contributed by atoms with van der Waals surface area (Å²) in [6, 6.07) is 16.2. The summed E-state index contributed by atoms with van der Waals surface area (Å²) in [6.45, 7) is 2.86. The predicted octanol–water partition coefficient (Wildman–Crippen LogP) is 3.93. The Labute approximate surface area is 131 Å². The van der Waals surface area contributed by atoms with Gasteiger partial charge in [-0.3, -0.25) is 0 Å². The van der Waals surface area contributed by atoms with E-state index in [4.69, 9.17) is 5.11 Å². The molecule has 1 fully saturated rings. The summed E-state index contributed by atoms with van der Waals surface area (Å²) in [5.74, 6) is -0.156. The Kier molecular flexibility index (Phi) is 4.25. The summed E-state index contributed by atoms with van der Waals surface area (Å²) in [7, 11) is 0. The van der Waals surface area contributed by atoms with E-state index >= 15 is 0 Å². The Hall–Kier alpha value is -2.13. The van der Waals surface area contributed by atoms with Crippen molar-refractivity contribution in [1.82, 2.24) is 5.32 Å². The predicted molar refractivity (Wildman–Crippen MR) is 86.9 cm³/mol. The minimum Gasteiger partial charge on any atom is -0.478 e. The molecule has 3 heteroatoms. The van der Waals surface area contributed by atoms with Gasteiger partial charge in [-0.2, -0.15) is 0 Å². The van der Waals surface area contributed by atoms with Crippen molar-refractivity contribution >= 4 is 5.97 Å². The van der Waals surface area contributed by atoms with Crippen molar-refractivity contribution in [1.29, 1.82) is 0 Å². The zero-order chi connectivity index (χ0) is 15.5. The number of nitrogens with one attached hydrogen (secondary N) is 1. The lowest BCUT2D eigenvalue weighted by Gasteiger charge is -2.19. The molecular formula is C19H21NO2. The Morgan fingerprint density at radius 1 is 1.14 bits per heavy atom. The lowest BCUT2D eigenvalue weighted by molar-refractivity contribution is 0.0697. The number of hydrogen-bond donors (Lipinski definition) is 2. The molecule has 0 radical (unpaired) electrons. The zero-order valence-electron chi connectivity index (χ0n) is 12.8. The van der Waals surface area contributed by atoms with Gasteiger partial charge in [-0.05, 0) is 48.9 Å². The number of hydrogen-bond acceptors (Lipinski definition) is 2. The highest BCUT2D eigenvalue weighted by atomic mass is 16.4. The van der Waals surface area contributed by atoms with E-state index in [-0.39, 0.29) is 0 Å². The van der Waals surface area contributed by atoms with Crippen molar-refractivity contribution in [2.45, 2.75) is 32.4 Å². The first kappa shape index (κ1) is 14.8. The third kappa shape index (κ3) is 3.55. The van der Waals surface area contributed by atoms with Gasteiger partial charge in [0.1, 0.15) is 0 Å². The molecule has 2 N–H and O–H groups in total. The fourth-order valence-corrected chi connectivity index (χ4v) is 2.75. The third-order valence-corrected chi connectivity index (χ3v) is 4.26. The first-order chi connectivity index (χ1) is 10.6. The zero-order valence-corrected chi connectivity index (χ0v) is 12.8. The molecule has 114 valence electrons. The van der Waals surface area contributed by atoms with Crippen molar-refractivity contribution in [3.05, 3.63) is 70.8 Å². The van der Waals surface area contributed by atoms with Crippen LogP contribution in [-0.4, -0.2) is 11.1 Å². The lowest BCUT2D eigenvalue weighted by Crippen LogP contribution is -2.22. The second-order valence-electron chi connectivity index (χ2n) is 6.11. The van der Waals surface area contributed by atoms with Crippen LogP contribution in [0.2, 0.25) is 0 Å². The smallest absolute Gasteiger partial charge is 0.335 e. The average molecular weight is 295 g/mol. The van der Waals surface area contributed by atoms with Crippen LogP contribution in [-0.2, 0) is 6.54 Å². The molecule has 0 heterocycles. The standard InChI is InChI=1S/C19H21NO2/c1-13-2-6-15(7-3-13)18(16-10-11-16)20-12-14-4-8-17(9-5-14)19(21)22/h2-9,16,18,20H,10-12H2,1H3,(H,21,22). The fourth-order valence-electron chi connectivity index (χ4n) is 2.75. The molecular weight excluding hydrogens is 274 g/mol. The Morgan fingerprint density at radius 3 is 2.32 bits per heavy atom. The van der Waals surface area contributed by atoms with Crippen LogP contribution in [0.1, 0.15) is 45.9 Å². The van der Waals surface area contributed by atoms with E-state index < -0.39 is 5.97 Å². The van der Waals surface area contributed by atoms with Crippen LogP contribution < -0.4 is 5.32 Å². The van der Waals surface area contributed by atoms with Crippen LogP contribution in [0.15, 0.2) is 48.5 Å². The SMILES string of the molecule is Cc1ccc(C(NCc2ccc(C(=O)O)cc2)C2CC2)cc1. The van der Waals surface area contributed by atoms with E-state index in [1.54, 1.807) is 12.1 Å². The topological polar surface area (TPSA) is 49.3 Å². The number of carboxylic acids is 1. The van der Waals surface area contributed by atoms with E-state index in [2.05, 4.69) is 36.5 Å². The van der Waals surface area contributed by atoms with Gasteiger partial charge in [0.25, 0.3) is 0 Å². The summed E-state index contributed by atoms with van der Waals surface area (Å²) in [6.07, 6.45) is 2.56. The summed E-state index contributed by atoms with van der Waals surface area (Å²) in [4.78, 5) is 10.9. The normalized spacial score (nSPS) is 15.5. The highest BCUT2D eigenvalue weighted by Gasteiger charge is 2.31. The van der Waals surface area contributed by atoms with Crippen LogP contribution in [0.3, 0.4) is 0 Å². The maximum absolute atomic E-state index is 10.9. The molecule has 1 aliphatic rings. The largest absolute Gasteiger partial charge is 0.478 e. The van der Waals surface area contributed by atoms with Crippen LogP contribution >= 0.6 is 0 Å². The highest BCUT2D eigenvalue weighted by Crippen LogP contribution is 2.41. The van der Waals surface area contributed by atoms with Crippen LogP contribution in [0.4, 0.5) is 0 Å². The molecule has 3 rings (SSSR count). The maximum Gasteiger partial charge on any atom is 0.335 e. The van der Waals surface area contributed by atoms with E-state index in [9.17, 15) is 4.79 Å². The summed E-state index contributed by atoms with van der Waals surface area (Å²) in [5.41, 5.74) is 4.07. The van der Waals surface area contributed by atoms with Crippen molar-refractivity contribution in [2.75, 3.05) is 0 Å². The molecule has 0 saturated heterocycles. The van der Waals surface area contributed by atoms with E-state index in [1.165, 1.54) is 24.0 Å². The minimum atomic E-state index is -0.880. The second-order valence-corrected chi connectivity index (χ2v) is 6.11. The molecule has 1 atom stereocenters. The highest BCUT2D eigenvalue weighted by molar-refractivity contribution is 5.87. The van der Waals surface area contributed by atoms with Crippen LogP contribution in [0, 0.1) is 12.8 Å². The van der Waals surface area contributed by atoms with Gasteiger partial charge in [0.05, 0.1) is 5.56 Å². The maximum atomic E-state index is 10.9. The molecule has 0 spiro atoms. The Morgan fingerprint density at radius 2 is 1.77 bits per heavy atom. The number of aryl methyl sites for hydroxylation is 1. The van der Waals surface area contributed by atoms with E-state index in [0.29, 0.717) is 11.6 Å². The quantitative estimate of drug-likeness (QED) is 0.849. The first-order valence-corrected chi connectivity index (χ1v) is 7.75. The van der Waals surface area contributed by atoms with Gasteiger partial charge in [-0.25, -0.2) is 4.79 Å². The van der Waals surface area contributed by atoms with Crippen molar-refractivity contribution < 1.29 is 9.90 Å². The van der Waals surface area contributed by atoms with Crippen molar-refractivity contribution in [2.24, 2.45) is 5.92 Å². The average Bonchev–Trinajstić information content (AvgIpc) is 3.34. The van der Waals surface area contributed by atoms with Crippen LogP contribution in [0.25, 0.3) is 0 Å². The summed E-state index contributed by atoms with van der Waals surface area (Å²) in [5, 5.41) is 12.6. The molecule has 0 aromatic heterocycles. The van der Waals surface area contributed by atoms with Crippen molar-refractivity contribution in [3.63, 3.8) is 0 Å². The molecule has 2 aromatic rings. The third-order valence-electron chi connectivity index (χ3n) is 4.26. The molecule has 0 amide bonds. The van der Waals surface area contributed by atoms with Gasteiger partial charge < -0.3 is 10.4 Å². The molecule has 1 aliphatic carbocycles. The molecule has 0 bridgehead atoms. The summed E-state index contributed by atoms with van der Waals surface area (Å²) < 4.78 is 0. The second kappa shape index (κ2) is 6.32. The molecule has 0 aliphatic heterocycles. The molecule has 1 unspecified atom stereocenters. The van der Waals surface area contributed by atoms with Gasteiger partial charge in [-0.1, -0.05) is 42.0 Å². The number of carbonyl (C=O) groups is 1. The monoisotopic (exact) mass is 295 g/mol. The van der Waals surface area contributed by atoms with Crippen molar-refractivity contribution in [3.8, 4) is 0 Å². The van der Waals surface area contributed by atoms with Gasteiger partial charge in [0.2, 0.25) is 0 Å². The fraction of sp³-hybridized carbons (Fsp3) is 0.316. The van der Waals surface area contributed by atoms with Gasteiger partial charge in [0.15, 0.2) is 0 Å². The minimum absolute atomic E-state index is 0.334. The number of rotatable bonds is 6. The van der Waals surface area contributed by atoms with Crippen LogP contribution in [0.5, 0.6) is 0 Å². The number of aromatic carboxylic acids is 1. The van der Waals surface area contributed by atoms with Gasteiger partial charge >= 0.3 is 5.97 Å². The van der Waals surface area contributed by atoms with E-state index in [1.807, 2.05) is 12.1 Å². The Balaban J connectivity index is 1.67. The summed E-state index contributed by atoms with van der Waals surface area (Å²) >= 11 is 0. The lowest BCUT2D eigenvalue weighted by atomic mass is 10.0. The molecule has 22 heavy (non-hydrogen) atoms. The molecule has 3 nitrogen and oxygen atoms in total. The molecule has 1 saturated carbocycles. The van der Waals surface area contributed by atoms with Gasteiger partial charge in [0, 0.05) is 12.6 Å². The van der Waals surface area contributed by atoms with Gasteiger partial charge in [-0.15, -0.1) is 0 Å². The number of benzene rings is 2. The van der Waals surface area contributed by atoms with E-state index in [0.717, 1.165) is 18.0 Å². The first-order valence-electron chi connectivity index (χ1n) is 7.75.